The van der Waals surface area contributed by atoms with Gasteiger partial charge in [-0.3, -0.25) is 0 Å². The van der Waals surface area contributed by atoms with Crippen LogP contribution in [0.15, 0.2) is 23.0 Å². The summed E-state index contributed by atoms with van der Waals surface area (Å²) in [6.07, 6.45) is 3.45. The summed E-state index contributed by atoms with van der Waals surface area (Å²) in [4.78, 5) is 0. The number of furan rings is 1. The summed E-state index contributed by atoms with van der Waals surface area (Å²) < 4.78 is 12.7. The van der Waals surface area contributed by atoms with Crippen LogP contribution in [-0.2, 0) is 24.4 Å². The molecule has 19 heavy (non-hydrogen) atoms. The predicted molar refractivity (Wildman–Crippen MR) is 68.3 cm³/mol. The van der Waals surface area contributed by atoms with Crippen LogP contribution in [0.4, 0.5) is 0 Å². The topological polar surface area (TPSA) is 65.1 Å². The van der Waals surface area contributed by atoms with E-state index in [0.717, 1.165) is 43.2 Å². The number of ether oxygens (including phenoxy) is 1. The first-order valence-electron chi connectivity index (χ1n) is 6.51. The fraction of sp³-hybridized carbons (Fsp3) is 0.538. The van der Waals surface area contributed by atoms with Gasteiger partial charge < -0.3 is 14.5 Å². The summed E-state index contributed by atoms with van der Waals surface area (Å²) in [6, 6.07) is 1.97. The Kier molecular flexibility index (Phi) is 3.61. The summed E-state index contributed by atoms with van der Waals surface area (Å²) in [7, 11) is 0. The van der Waals surface area contributed by atoms with Crippen LogP contribution >= 0.6 is 0 Å². The number of hydrogen-bond acceptors (Lipinski definition) is 5. The van der Waals surface area contributed by atoms with Crippen molar-refractivity contribution in [1.29, 1.82) is 0 Å². The lowest BCUT2D eigenvalue weighted by Gasteiger charge is -2.14. The highest BCUT2D eigenvalue weighted by molar-refractivity contribution is 5.07. The van der Waals surface area contributed by atoms with Crippen LogP contribution in [0.5, 0.6) is 0 Å². The van der Waals surface area contributed by atoms with Crippen LogP contribution in [0, 0.1) is 12.8 Å². The van der Waals surface area contributed by atoms with Gasteiger partial charge in [-0.1, -0.05) is 5.21 Å². The van der Waals surface area contributed by atoms with Gasteiger partial charge in [0, 0.05) is 31.1 Å². The van der Waals surface area contributed by atoms with Crippen molar-refractivity contribution in [3.63, 3.8) is 0 Å². The molecule has 1 aliphatic heterocycles. The molecule has 3 heterocycles. The van der Waals surface area contributed by atoms with E-state index >= 15 is 0 Å². The highest BCUT2D eigenvalue weighted by Gasteiger charge is 2.19. The van der Waals surface area contributed by atoms with Gasteiger partial charge in [0.05, 0.1) is 37.1 Å². The third kappa shape index (κ3) is 2.85. The minimum Gasteiger partial charge on any atom is -0.472 e. The molecule has 6 nitrogen and oxygen atoms in total. The smallest absolute Gasteiger partial charge is 0.0947 e. The number of nitrogens with zero attached hydrogens (tertiary/aromatic N) is 3. The molecule has 0 saturated heterocycles. The molecule has 6 heteroatoms. The number of fused-ring (bicyclic) bond motifs is 1. The first-order chi connectivity index (χ1) is 9.33. The van der Waals surface area contributed by atoms with Gasteiger partial charge in [-0.15, -0.1) is 5.10 Å². The molecule has 1 N–H and O–H groups in total. The molecular formula is C13H18N4O2. The molecule has 2 aromatic heterocycles. The maximum atomic E-state index is 5.70. The Hall–Kier alpha value is -1.66. The molecule has 1 aliphatic rings. The summed E-state index contributed by atoms with van der Waals surface area (Å²) in [5.74, 6) is 0.411. The molecule has 3 rings (SSSR count). The number of aryl methyl sites for hydroxylation is 1. The molecule has 1 unspecified atom stereocenters. The van der Waals surface area contributed by atoms with Gasteiger partial charge in [0.15, 0.2) is 0 Å². The van der Waals surface area contributed by atoms with Gasteiger partial charge in [-0.05, 0) is 13.0 Å². The molecule has 0 radical (unpaired) electrons. The normalized spacial score (nSPS) is 19.1. The fourth-order valence-electron chi connectivity index (χ4n) is 2.30. The van der Waals surface area contributed by atoms with Crippen LogP contribution in [-0.4, -0.2) is 28.1 Å². The number of nitrogens with one attached hydrogen (secondary N) is 1. The summed E-state index contributed by atoms with van der Waals surface area (Å²) in [5.41, 5.74) is 3.22. The Bertz CT molecular complexity index is 521. The second-order valence-corrected chi connectivity index (χ2v) is 4.95. The molecule has 0 amide bonds. The lowest BCUT2D eigenvalue weighted by atomic mass is 10.1. The van der Waals surface area contributed by atoms with E-state index in [4.69, 9.17) is 9.15 Å². The molecule has 0 aromatic carbocycles. The van der Waals surface area contributed by atoms with E-state index in [2.05, 4.69) is 15.6 Å². The fourth-order valence-corrected chi connectivity index (χ4v) is 2.30. The van der Waals surface area contributed by atoms with Crippen LogP contribution in [0.3, 0.4) is 0 Å². The highest BCUT2D eigenvalue weighted by atomic mass is 16.5. The lowest BCUT2D eigenvalue weighted by Crippen LogP contribution is -2.28. The van der Waals surface area contributed by atoms with Crippen molar-refractivity contribution in [2.45, 2.75) is 26.6 Å². The zero-order chi connectivity index (χ0) is 13.1. The molecule has 2 aromatic rings. The van der Waals surface area contributed by atoms with Crippen molar-refractivity contribution in [1.82, 2.24) is 20.3 Å². The van der Waals surface area contributed by atoms with Crippen molar-refractivity contribution < 1.29 is 9.15 Å². The van der Waals surface area contributed by atoms with E-state index in [1.54, 1.807) is 12.5 Å². The third-order valence-corrected chi connectivity index (χ3v) is 3.40. The second kappa shape index (κ2) is 5.54. The zero-order valence-electron chi connectivity index (χ0n) is 11.0. The first kappa shape index (κ1) is 12.4. The van der Waals surface area contributed by atoms with E-state index in [0.29, 0.717) is 12.5 Å². The molecule has 0 fully saturated rings. The van der Waals surface area contributed by atoms with Crippen LogP contribution in [0.2, 0.25) is 0 Å². The van der Waals surface area contributed by atoms with Gasteiger partial charge in [-0.2, -0.15) is 0 Å². The number of hydrogen-bond donors (Lipinski definition) is 1. The highest BCUT2D eigenvalue weighted by Crippen LogP contribution is 2.14. The molecule has 0 aliphatic carbocycles. The molecule has 0 bridgehead atoms. The van der Waals surface area contributed by atoms with E-state index in [-0.39, 0.29) is 0 Å². The quantitative estimate of drug-likeness (QED) is 0.894. The molecule has 102 valence electrons. The van der Waals surface area contributed by atoms with E-state index in [1.807, 2.05) is 17.7 Å². The van der Waals surface area contributed by atoms with Crippen LogP contribution in [0.25, 0.3) is 0 Å². The molecule has 0 spiro atoms. The van der Waals surface area contributed by atoms with Crippen molar-refractivity contribution in [2.75, 3.05) is 13.2 Å². The predicted octanol–water partition coefficient (Wildman–Crippen LogP) is 1.12. The molecular weight excluding hydrogens is 244 g/mol. The van der Waals surface area contributed by atoms with Crippen molar-refractivity contribution in [3.05, 3.63) is 35.5 Å². The Morgan fingerprint density at radius 1 is 1.53 bits per heavy atom. The summed E-state index contributed by atoms with van der Waals surface area (Å²) in [6.45, 7) is 5.90. The van der Waals surface area contributed by atoms with Gasteiger partial charge in [0.1, 0.15) is 0 Å². The average Bonchev–Trinajstić information content (AvgIpc) is 2.97. The van der Waals surface area contributed by atoms with E-state index < -0.39 is 0 Å². The Balaban J connectivity index is 1.54. The monoisotopic (exact) mass is 262 g/mol. The Labute approximate surface area is 111 Å². The lowest BCUT2D eigenvalue weighted by molar-refractivity contribution is 0.0936. The molecule has 0 saturated carbocycles. The van der Waals surface area contributed by atoms with E-state index in [9.17, 15) is 0 Å². The van der Waals surface area contributed by atoms with Gasteiger partial charge in [0.2, 0.25) is 0 Å². The number of aromatic nitrogens is 3. The zero-order valence-corrected chi connectivity index (χ0v) is 11.0. The average molecular weight is 262 g/mol. The maximum Gasteiger partial charge on any atom is 0.0947 e. The van der Waals surface area contributed by atoms with Gasteiger partial charge in [0.25, 0.3) is 0 Å². The standard InChI is InChI=1S/C13H18N4O2/c1-10-13-9-19-8-12(6-17(13)16-15-10)5-14-4-11-2-3-18-7-11/h2-3,7,12,14H,4-6,8-9H2,1H3. The van der Waals surface area contributed by atoms with Crippen molar-refractivity contribution >= 4 is 0 Å². The number of rotatable bonds is 4. The largest absolute Gasteiger partial charge is 0.472 e. The Morgan fingerprint density at radius 2 is 2.47 bits per heavy atom. The third-order valence-electron chi connectivity index (χ3n) is 3.40. The van der Waals surface area contributed by atoms with Crippen molar-refractivity contribution in [2.24, 2.45) is 5.92 Å². The van der Waals surface area contributed by atoms with E-state index in [1.165, 1.54) is 0 Å². The van der Waals surface area contributed by atoms with Crippen LogP contribution < -0.4 is 5.32 Å². The maximum absolute atomic E-state index is 5.70. The molecule has 1 atom stereocenters. The minimum atomic E-state index is 0.411. The summed E-state index contributed by atoms with van der Waals surface area (Å²) >= 11 is 0. The minimum absolute atomic E-state index is 0.411. The summed E-state index contributed by atoms with van der Waals surface area (Å²) in [5, 5.41) is 11.7. The van der Waals surface area contributed by atoms with Gasteiger partial charge >= 0.3 is 0 Å². The van der Waals surface area contributed by atoms with Crippen molar-refractivity contribution in [3.8, 4) is 0 Å². The SMILES string of the molecule is Cc1nnn2c1COCC(CNCc1ccoc1)C2. The Morgan fingerprint density at radius 3 is 3.32 bits per heavy atom. The van der Waals surface area contributed by atoms with Crippen LogP contribution in [0.1, 0.15) is 17.0 Å². The van der Waals surface area contributed by atoms with Gasteiger partial charge in [-0.25, -0.2) is 4.68 Å². The first-order valence-corrected chi connectivity index (χ1v) is 6.51. The second-order valence-electron chi connectivity index (χ2n) is 4.95.